The Kier molecular flexibility index (Phi) is 7.49. The van der Waals surface area contributed by atoms with Crippen LogP contribution in [0, 0.1) is 0 Å². The number of aromatic nitrogens is 3. The van der Waals surface area contributed by atoms with Gasteiger partial charge in [0.1, 0.15) is 11.2 Å². The molecule has 4 nitrogen and oxygen atoms in total. The predicted octanol–water partition coefficient (Wildman–Crippen LogP) is 14.4. The van der Waals surface area contributed by atoms with E-state index in [-0.39, 0.29) is 0 Å². The first-order valence-electron chi connectivity index (χ1n) is 21.1. The first kappa shape index (κ1) is 34.6. The van der Waals surface area contributed by atoms with Crippen LogP contribution in [-0.2, 0) is 5.41 Å². The molecule has 2 aromatic heterocycles. The van der Waals surface area contributed by atoms with Gasteiger partial charge >= 0.3 is 0 Å². The molecule has 0 aliphatic heterocycles. The molecule has 2 heterocycles. The Morgan fingerprint density at radius 2 is 0.758 bits per heavy atom. The van der Waals surface area contributed by atoms with E-state index in [1.807, 2.05) is 30.3 Å². The molecule has 0 saturated heterocycles. The van der Waals surface area contributed by atoms with Crippen LogP contribution in [0.1, 0.15) is 22.3 Å². The zero-order valence-electron chi connectivity index (χ0n) is 33.5. The Balaban J connectivity index is 0.963. The van der Waals surface area contributed by atoms with Crippen molar-refractivity contribution in [3.63, 3.8) is 0 Å². The summed E-state index contributed by atoms with van der Waals surface area (Å²) in [6.07, 6.45) is 0. The molecule has 0 unspecified atom stereocenters. The van der Waals surface area contributed by atoms with Gasteiger partial charge in [0.2, 0.25) is 0 Å². The quantitative estimate of drug-likeness (QED) is 0.174. The van der Waals surface area contributed by atoms with Crippen LogP contribution >= 0.6 is 0 Å². The van der Waals surface area contributed by atoms with Crippen LogP contribution < -0.4 is 0 Å². The Bertz CT molecular complexity index is 3520. The van der Waals surface area contributed by atoms with E-state index in [2.05, 4.69) is 182 Å². The summed E-state index contributed by atoms with van der Waals surface area (Å²) in [6.45, 7) is 0. The summed E-state index contributed by atoms with van der Waals surface area (Å²) in [5.41, 5.74) is 18.8. The highest BCUT2D eigenvalue weighted by atomic mass is 16.3. The summed E-state index contributed by atoms with van der Waals surface area (Å²) < 4.78 is 6.40. The Morgan fingerprint density at radius 3 is 1.44 bits per heavy atom. The fourth-order valence-corrected chi connectivity index (χ4v) is 10.3. The number of fused-ring (bicyclic) bond motifs is 13. The highest BCUT2D eigenvalue weighted by Crippen LogP contribution is 2.63. The van der Waals surface area contributed by atoms with E-state index >= 15 is 0 Å². The van der Waals surface area contributed by atoms with E-state index < -0.39 is 5.41 Å². The van der Waals surface area contributed by atoms with Crippen LogP contribution in [-0.4, -0.2) is 15.0 Å². The van der Waals surface area contributed by atoms with E-state index in [0.717, 1.165) is 60.9 Å². The predicted molar refractivity (Wildman–Crippen MR) is 251 cm³/mol. The molecule has 1 spiro atoms. The zero-order valence-corrected chi connectivity index (χ0v) is 33.5. The minimum atomic E-state index is -0.438. The number of benzene rings is 9. The molecule has 9 aromatic carbocycles. The molecule has 62 heavy (non-hydrogen) atoms. The lowest BCUT2D eigenvalue weighted by molar-refractivity contribution is 0.670. The molecular weight excluding hydrogens is 755 g/mol. The second-order valence-corrected chi connectivity index (χ2v) is 16.2. The van der Waals surface area contributed by atoms with Crippen LogP contribution in [0.15, 0.2) is 217 Å². The first-order chi connectivity index (χ1) is 30.7. The molecule has 0 radical (unpaired) electrons. The average molecular weight is 790 g/mol. The van der Waals surface area contributed by atoms with Crippen molar-refractivity contribution in [2.24, 2.45) is 0 Å². The van der Waals surface area contributed by atoms with Crippen LogP contribution in [0.3, 0.4) is 0 Å². The fourth-order valence-electron chi connectivity index (χ4n) is 10.3. The third-order valence-electron chi connectivity index (χ3n) is 13.0. The number of para-hydroxylation sites is 2. The lowest BCUT2D eigenvalue weighted by Crippen LogP contribution is -2.25. The van der Waals surface area contributed by atoms with Gasteiger partial charge in [-0.3, -0.25) is 0 Å². The third kappa shape index (κ3) is 4.98. The van der Waals surface area contributed by atoms with Crippen molar-refractivity contribution in [3.8, 4) is 78.7 Å². The molecule has 2 aliphatic carbocycles. The summed E-state index contributed by atoms with van der Waals surface area (Å²) in [5.74, 6) is 1.86. The maximum Gasteiger partial charge on any atom is 0.164 e. The van der Waals surface area contributed by atoms with E-state index in [9.17, 15) is 0 Å². The smallest absolute Gasteiger partial charge is 0.164 e. The summed E-state index contributed by atoms with van der Waals surface area (Å²) in [4.78, 5) is 15.6. The molecule has 0 saturated carbocycles. The van der Waals surface area contributed by atoms with Crippen molar-refractivity contribution in [1.29, 1.82) is 0 Å². The van der Waals surface area contributed by atoms with Crippen LogP contribution in [0.2, 0.25) is 0 Å². The SMILES string of the molecule is c1ccc(-c2nc(-c3ccc(-c4cccc5c4oc4ccccc45)cc3)nc(-c3ccccc3-c3ccc4c(c3)C3(c5ccccc5-c5ccccc53)c3ccccc3-4)n2)cc1. The van der Waals surface area contributed by atoms with Crippen LogP contribution in [0.25, 0.3) is 101 Å². The topological polar surface area (TPSA) is 51.8 Å². The van der Waals surface area contributed by atoms with Crippen molar-refractivity contribution in [2.45, 2.75) is 5.41 Å². The maximum atomic E-state index is 6.40. The molecule has 0 amide bonds. The highest BCUT2D eigenvalue weighted by molar-refractivity contribution is 6.09. The van der Waals surface area contributed by atoms with Crippen molar-refractivity contribution in [1.82, 2.24) is 15.0 Å². The van der Waals surface area contributed by atoms with Crippen LogP contribution in [0.5, 0.6) is 0 Å². The van der Waals surface area contributed by atoms with Crippen molar-refractivity contribution in [3.05, 3.63) is 235 Å². The molecule has 0 atom stereocenters. The van der Waals surface area contributed by atoms with Gasteiger partial charge in [-0.25, -0.2) is 15.0 Å². The van der Waals surface area contributed by atoms with Gasteiger partial charge in [-0.05, 0) is 73.3 Å². The number of furan rings is 1. The van der Waals surface area contributed by atoms with Crippen molar-refractivity contribution < 1.29 is 4.42 Å². The largest absolute Gasteiger partial charge is 0.455 e. The molecule has 288 valence electrons. The molecule has 4 heteroatoms. The molecule has 0 fully saturated rings. The second-order valence-electron chi connectivity index (χ2n) is 16.2. The van der Waals surface area contributed by atoms with Gasteiger partial charge in [0.15, 0.2) is 17.5 Å². The number of rotatable bonds is 5. The summed E-state index contributed by atoms with van der Waals surface area (Å²) >= 11 is 0. The first-order valence-corrected chi connectivity index (χ1v) is 21.1. The number of nitrogens with zero attached hydrogens (tertiary/aromatic N) is 3. The Hall–Kier alpha value is -8.21. The van der Waals surface area contributed by atoms with E-state index in [1.165, 1.54) is 44.5 Å². The fraction of sp³-hybridized carbons (Fsp3) is 0.0172. The maximum absolute atomic E-state index is 6.40. The van der Waals surface area contributed by atoms with Gasteiger partial charge in [0.25, 0.3) is 0 Å². The lowest BCUT2D eigenvalue weighted by Gasteiger charge is -2.30. The lowest BCUT2D eigenvalue weighted by atomic mass is 9.70. The third-order valence-corrected chi connectivity index (χ3v) is 13.0. The van der Waals surface area contributed by atoms with Crippen molar-refractivity contribution >= 4 is 21.9 Å². The number of hydrogen-bond donors (Lipinski definition) is 0. The van der Waals surface area contributed by atoms with Gasteiger partial charge in [0, 0.05) is 33.0 Å². The van der Waals surface area contributed by atoms with E-state index in [4.69, 9.17) is 19.4 Å². The Morgan fingerprint density at radius 1 is 0.290 bits per heavy atom. The zero-order chi connectivity index (χ0) is 40.8. The van der Waals surface area contributed by atoms with Gasteiger partial charge in [-0.1, -0.05) is 200 Å². The summed E-state index contributed by atoms with van der Waals surface area (Å²) in [5, 5.41) is 2.22. The van der Waals surface area contributed by atoms with Gasteiger partial charge < -0.3 is 4.42 Å². The molecule has 13 rings (SSSR count). The van der Waals surface area contributed by atoms with E-state index in [1.54, 1.807) is 0 Å². The molecule has 11 aromatic rings. The van der Waals surface area contributed by atoms with Gasteiger partial charge in [-0.2, -0.15) is 0 Å². The van der Waals surface area contributed by atoms with Crippen LogP contribution in [0.4, 0.5) is 0 Å². The monoisotopic (exact) mass is 789 g/mol. The second kappa shape index (κ2) is 13.4. The highest BCUT2D eigenvalue weighted by Gasteiger charge is 2.51. The van der Waals surface area contributed by atoms with Gasteiger partial charge in [0.05, 0.1) is 5.41 Å². The summed E-state index contributed by atoms with van der Waals surface area (Å²) in [7, 11) is 0. The molecular formula is C58H35N3O. The Labute approximate surface area is 358 Å². The number of hydrogen-bond acceptors (Lipinski definition) is 4. The van der Waals surface area contributed by atoms with Gasteiger partial charge in [-0.15, -0.1) is 0 Å². The molecule has 2 aliphatic rings. The minimum Gasteiger partial charge on any atom is -0.455 e. The molecule has 0 N–H and O–H groups in total. The standard InChI is InChI=1S/C58H35N3O/c1-2-15-37(16-3-1)55-59-56(38-31-29-36(30-32-38)41-23-14-24-47-46-21-9-13-28-53(46)62-54(41)47)61-57(60-55)48-22-5-4-17-40(48)39-33-34-45-44-20-8-12-27-51(44)58(52(45)35-39)49-25-10-6-18-42(49)43-19-7-11-26-50(43)58/h1-35H. The van der Waals surface area contributed by atoms with E-state index in [0.29, 0.717) is 17.5 Å². The normalized spacial score (nSPS) is 13.0. The molecule has 0 bridgehead atoms. The summed E-state index contributed by atoms with van der Waals surface area (Å²) in [6, 6.07) is 75.6. The van der Waals surface area contributed by atoms with Crippen molar-refractivity contribution in [2.75, 3.05) is 0 Å². The average Bonchev–Trinajstić information content (AvgIpc) is 3.98. The minimum absolute atomic E-state index is 0.438.